The molecular formula is C19H12N4OS2. The minimum absolute atomic E-state index is 0.172. The molecule has 1 aromatic carbocycles. The third-order valence-corrected chi connectivity index (χ3v) is 5.86. The molecular weight excluding hydrogens is 364 g/mol. The fourth-order valence-electron chi connectivity index (χ4n) is 3.30. The van der Waals surface area contributed by atoms with Gasteiger partial charge in [-0.1, -0.05) is 24.3 Å². The zero-order valence-electron chi connectivity index (χ0n) is 13.7. The van der Waals surface area contributed by atoms with Crippen LogP contribution in [0.5, 0.6) is 0 Å². The fraction of sp³-hybridized carbons (Fsp3) is 0.0526. The molecule has 0 saturated heterocycles. The molecule has 0 bridgehead atoms. The van der Waals surface area contributed by atoms with E-state index in [0.29, 0.717) is 15.3 Å². The van der Waals surface area contributed by atoms with Crippen molar-refractivity contribution >= 4 is 54.9 Å². The number of aryl methyl sites for hydroxylation is 1. The van der Waals surface area contributed by atoms with Crippen LogP contribution in [0.15, 0.2) is 53.5 Å². The number of nitrogens with one attached hydrogen (secondary N) is 1. The zero-order valence-corrected chi connectivity index (χ0v) is 15.3. The van der Waals surface area contributed by atoms with Crippen molar-refractivity contribution in [1.29, 1.82) is 0 Å². The molecule has 7 heteroatoms. The van der Waals surface area contributed by atoms with Crippen LogP contribution in [0, 0.1) is 11.7 Å². The number of benzene rings is 1. The third kappa shape index (κ3) is 2.07. The molecule has 0 saturated carbocycles. The van der Waals surface area contributed by atoms with Crippen molar-refractivity contribution in [2.75, 3.05) is 0 Å². The fourth-order valence-corrected chi connectivity index (χ4v) is 4.71. The van der Waals surface area contributed by atoms with Gasteiger partial charge in [-0.25, -0.2) is 14.5 Å². The van der Waals surface area contributed by atoms with E-state index in [2.05, 4.69) is 16.9 Å². The zero-order chi connectivity index (χ0) is 17.8. The van der Waals surface area contributed by atoms with Crippen LogP contribution in [0.2, 0.25) is 0 Å². The van der Waals surface area contributed by atoms with Crippen molar-refractivity contribution in [2.24, 2.45) is 0 Å². The SMILES string of the molecule is Cc1c2ccccc2nc2sc3c(=O)n(-c4ccccn4)c(=S)[nH]c3c12. The van der Waals surface area contributed by atoms with Crippen LogP contribution < -0.4 is 5.56 Å². The predicted molar refractivity (Wildman–Crippen MR) is 108 cm³/mol. The van der Waals surface area contributed by atoms with E-state index >= 15 is 0 Å². The molecule has 0 aliphatic heterocycles. The van der Waals surface area contributed by atoms with Crippen LogP contribution in [-0.4, -0.2) is 19.5 Å². The lowest BCUT2D eigenvalue weighted by molar-refractivity contribution is 0.904. The topological polar surface area (TPSA) is 63.6 Å². The van der Waals surface area contributed by atoms with E-state index in [9.17, 15) is 4.79 Å². The molecule has 0 aliphatic carbocycles. The Labute approximate surface area is 156 Å². The lowest BCUT2D eigenvalue weighted by Gasteiger charge is -2.06. The largest absolute Gasteiger partial charge is 0.330 e. The Balaban J connectivity index is 1.97. The molecule has 0 aliphatic rings. The number of hydrogen-bond donors (Lipinski definition) is 1. The van der Waals surface area contributed by atoms with Gasteiger partial charge in [-0.15, -0.1) is 11.3 Å². The Morgan fingerprint density at radius 3 is 2.77 bits per heavy atom. The highest BCUT2D eigenvalue weighted by molar-refractivity contribution is 7.71. The second-order valence-electron chi connectivity index (χ2n) is 6.00. The first-order chi connectivity index (χ1) is 12.6. The van der Waals surface area contributed by atoms with E-state index in [1.807, 2.05) is 30.3 Å². The summed E-state index contributed by atoms with van der Waals surface area (Å²) < 4.78 is 2.36. The first-order valence-electron chi connectivity index (χ1n) is 8.03. The Bertz CT molecular complexity index is 1430. The molecule has 0 unspecified atom stereocenters. The van der Waals surface area contributed by atoms with Gasteiger partial charge in [0.05, 0.1) is 11.0 Å². The maximum Gasteiger partial charge on any atom is 0.278 e. The first-order valence-corrected chi connectivity index (χ1v) is 9.26. The molecule has 0 amide bonds. The molecule has 0 spiro atoms. The van der Waals surface area contributed by atoms with Gasteiger partial charge in [0.2, 0.25) is 0 Å². The van der Waals surface area contributed by atoms with Gasteiger partial charge < -0.3 is 4.98 Å². The summed E-state index contributed by atoms with van der Waals surface area (Å²) in [6.07, 6.45) is 1.64. The van der Waals surface area contributed by atoms with Crippen LogP contribution in [-0.2, 0) is 0 Å². The summed E-state index contributed by atoms with van der Waals surface area (Å²) >= 11 is 6.85. The van der Waals surface area contributed by atoms with E-state index < -0.39 is 0 Å². The van der Waals surface area contributed by atoms with Gasteiger partial charge in [0.15, 0.2) is 4.77 Å². The lowest BCUT2D eigenvalue weighted by Crippen LogP contribution is -2.20. The lowest BCUT2D eigenvalue weighted by atomic mass is 10.1. The minimum Gasteiger partial charge on any atom is -0.330 e. The number of hydrogen-bond acceptors (Lipinski definition) is 5. The number of pyridine rings is 2. The van der Waals surface area contributed by atoms with Gasteiger partial charge in [-0.05, 0) is 42.9 Å². The van der Waals surface area contributed by atoms with E-state index in [4.69, 9.17) is 17.2 Å². The van der Waals surface area contributed by atoms with Gasteiger partial charge in [0, 0.05) is 17.0 Å². The van der Waals surface area contributed by atoms with Gasteiger partial charge in [0.1, 0.15) is 15.3 Å². The molecule has 26 heavy (non-hydrogen) atoms. The number of thiophene rings is 1. The van der Waals surface area contributed by atoms with Crippen LogP contribution in [0.25, 0.3) is 37.2 Å². The molecule has 0 fully saturated rings. The average Bonchev–Trinajstić information content (AvgIpc) is 3.02. The molecule has 5 nitrogen and oxygen atoms in total. The number of rotatable bonds is 1. The molecule has 4 heterocycles. The second kappa shape index (κ2) is 5.55. The summed E-state index contributed by atoms with van der Waals surface area (Å²) in [5, 5.41) is 2.04. The standard InChI is InChI=1S/C19H12N4OS2/c1-10-11-6-2-3-7-12(11)21-17-14(10)15-16(26-17)18(24)23(19(25)22-15)13-8-4-5-9-20-13/h2-9H,1H3,(H,22,25). The normalized spacial score (nSPS) is 11.6. The molecule has 126 valence electrons. The number of H-pyrrole nitrogens is 1. The molecule has 0 atom stereocenters. The van der Waals surface area contributed by atoms with Crippen molar-refractivity contribution in [1.82, 2.24) is 19.5 Å². The molecule has 0 radical (unpaired) electrons. The van der Waals surface area contributed by atoms with Gasteiger partial charge in [-0.2, -0.15) is 0 Å². The Morgan fingerprint density at radius 2 is 1.96 bits per heavy atom. The highest BCUT2D eigenvalue weighted by Crippen LogP contribution is 2.35. The third-order valence-electron chi connectivity index (χ3n) is 4.51. The predicted octanol–water partition coefficient (Wildman–Crippen LogP) is 4.51. The number of aromatic amines is 1. The smallest absolute Gasteiger partial charge is 0.278 e. The number of aromatic nitrogens is 4. The highest BCUT2D eigenvalue weighted by Gasteiger charge is 2.17. The maximum atomic E-state index is 13.1. The summed E-state index contributed by atoms with van der Waals surface area (Å²) in [4.78, 5) is 26.2. The van der Waals surface area contributed by atoms with E-state index in [0.717, 1.165) is 32.2 Å². The monoisotopic (exact) mass is 376 g/mol. The van der Waals surface area contributed by atoms with Crippen molar-refractivity contribution in [3.63, 3.8) is 0 Å². The molecule has 5 rings (SSSR count). The Morgan fingerprint density at radius 1 is 1.15 bits per heavy atom. The summed E-state index contributed by atoms with van der Waals surface area (Å²) in [6, 6.07) is 13.4. The maximum absolute atomic E-state index is 13.1. The van der Waals surface area contributed by atoms with Crippen LogP contribution in [0.4, 0.5) is 0 Å². The first kappa shape index (κ1) is 15.4. The molecule has 1 N–H and O–H groups in total. The van der Waals surface area contributed by atoms with Gasteiger partial charge >= 0.3 is 0 Å². The molecule has 5 aromatic rings. The number of para-hydroxylation sites is 1. The summed E-state index contributed by atoms with van der Waals surface area (Å²) in [5.74, 6) is 0.507. The van der Waals surface area contributed by atoms with E-state index in [1.165, 1.54) is 15.9 Å². The average molecular weight is 376 g/mol. The van der Waals surface area contributed by atoms with Crippen molar-refractivity contribution in [3.8, 4) is 5.82 Å². The second-order valence-corrected chi connectivity index (χ2v) is 7.38. The van der Waals surface area contributed by atoms with Crippen molar-refractivity contribution in [2.45, 2.75) is 6.92 Å². The highest BCUT2D eigenvalue weighted by atomic mass is 32.1. The van der Waals surface area contributed by atoms with Gasteiger partial charge in [0.25, 0.3) is 5.56 Å². The van der Waals surface area contributed by atoms with Crippen molar-refractivity contribution < 1.29 is 0 Å². The van der Waals surface area contributed by atoms with Crippen molar-refractivity contribution in [3.05, 3.63) is 69.3 Å². The van der Waals surface area contributed by atoms with E-state index in [-0.39, 0.29) is 5.56 Å². The quantitative estimate of drug-likeness (QED) is 0.437. The summed E-state index contributed by atoms with van der Waals surface area (Å²) in [5.41, 5.74) is 2.60. The molecule has 4 aromatic heterocycles. The van der Waals surface area contributed by atoms with Gasteiger partial charge in [-0.3, -0.25) is 4.79 Å². The van der Waals surface area contributed by atoms with Crippen LogP contribution in [0.1, 0.15) is 5.56 Å². The number of nitrogens with zero attached hydrogens (tertiary/aromatic N) is 3. The van der Waals surface area contributed by atoms with Crippen LogP contribution in [0.3, 0.4) is 0 Å². The summed E-state index contributed by atoms with van der Waals surface area (Å²) in [7, 11) is 0. The Hall–Kier alpha value is -2.90. The van der Waals surface area contributed by atoms with Crippen LogP contribution >= 0.6 is 23.6 Å². The minimum atomic E-state index is -0.172. The van der Waals surface area contributed by atoms with E-state index in [1.54, 1.807) is 18.3 Å². The number of fused-ring (bicyclic) bond motifs is 4. The summed E-state index contributed by atoms with van der Waals surface area (Å²) in [6.45, 7) is 2.06. The Kier molecular flexibility index (Phi) is 3.28.